The first kappa shape index (κ1) is 11.9. The molecule has 0 aliphatic rings. The van der Waals surface area contributed by atoms with Gasteiger partial charge < -0.3 is 15.6 Å². The summed E-state index contributed by atoms with van der Waals surface area (Å²) in [6.07, 6.45) is 0.373. The number of ether oxygens (including phenoxy) is 1. The Hall–Kier alpha value is -1.13. The van der Waals surface area contributed by atoms with Crippen molar-refractivity contribution in [3.63, 3.8) is 0 Å². The average molecular weight is 213 g/mol. The van der Waals surface area contributed by atoms with Crippen LogP contribution >= 0.6 is 0 Å². The second-order valence-electron chi connectivity index (χ2n) is 3.73. The van der Waals surface area contributed by atoms with Crippen LogP contribution in [0.15, 0.2) is 24.3 Å². The third kappa shape index (κ3) is 3.85. The van der Waals surface area contributed by atoms with Crippen molar-refractivity contribution in [2.75, 3.05) is 13.2 Å². The number of aliphatic hydroxyl groups is 1. The fourth-order valence-corrected chi connectivity index (χ4v) is 1.04. The van der Waals surface area contributed by atoms with Crippen LogP contribution in [0, 0.1) is 5.82 Å². The standard InChI is InChI=1S/C11H16FNO2/c1-11(14,8-13)6-7-15-10-5-3-2-4-9(10)12/h2-5,14H,6-8,13H2,1H3. The molecule has 1 atom stereocenters. The van der Waals surface area contributed by atoms with Gasteiger partial charge in [-0.2, -0.15) is 0 Å². The van der Waals surface area contributed by atoms with Gasteiger partial charge in [0.05, 0.1) is 12.2 Å². The summed E-state index contributed by atoms with van der Waals surface area (Å²) in [5.41, 5.74) is 4.38. The SMILES string of the molecule is CC(O)(CN)CCOc1ccccc1F. The van der Waals surface area contributed by atoms with Crippen molar-refractivity contribution < 1.29 is 14.2 Å². The summed E-state index contributed by atoms with van der Waals surface area (Å²) >= 11 is 0. The number of rotatable bonds is 5. The maximum atomic E-state index is 13.1. The molecule has 1 aromatic carbocycles. The molecule has 0 aliphatic carbocycles. The number of hydrogen-bond acceptors (Lipinski definition) is 3. The highest BCUT2D eigenvalue weighted by molar-refractivity contribution is 5.23. The molecule has 15 heavy (non-hydrogen) atoms. The summed E-state index contributed by atoms with van der Waals surface area (Å²) in [6.45, 7) is 2.02. The van der Waals surface area contributed by atoms with Gasteiger partial charge in [-0.1, -0.05) is 12.1 Å². The predicted molar refractivity (Wildman–Crippen MR) is 56.2 cm³/mol. The van der Waals surface area contributed by atoms with Crippen LogP contribution in [0.3, 0.4) is 0 Å². The second kappa shape index (κ2) is 5.09. The molecule has 0 saturated heterocycles. The van der Waals surface area contributed by atoms with Gasteiger partial charge in [-0.15, -0.1) is 0 Å². The third-order valence-electron chi connectivity index (χ3n) is 2.17. The predicted octanol–water partition coefficient (Wildman–Crippen LogP) is 1.30. The van der Waals surface area contributed by atoms with E-state index in [2.05, 4.69) is 0 Å². The zero-order valence-electron chi connectivity index (χ0n) is 8.74. The van der Waals surface area contributed by atoms with E-state index in [1.165, 1.54) is 6.07 Å². The van der Waals surface area contributed by atoms with E-state index in [-0.39, 0.29) is 18.9 Å². The van der Waals surface area contributed by atoms with Crippen LogP contribution in [0.1, 0.15) is 13.3 Å². The van der Waals surface area contributed by atoms with Gasteiger partial charge in [0.15, 0.2) is 11.6 Å². The normalized spacial score (nSPS) is 14.7. The van der Waals surface area contributed by atoms with E-state index in [9.17, 15) is 9.50 Å². The molecule has 84 valence electrons. The second-order valence-corrected chi connectivity index (χ2v) is 3.73. The molecule has 0 saturated carbocycles. The maximum absolute atomic E-state index is 13.1. The lowest BCUT2D eigenvalue weighted by atomic mass is 10.0. The van der Waals surface area contributed by atoms with Crippen LogP contribution in [0.5, 0.6) is 5.75 Å². The number of nitrogens with two attached hydrogens (primary N) is 1. The average Bonchev–Trinajstić information content (AvgIpc) is 2.21. The van der Waals surface area contributed by atoms with E-state index < -0.39 is 11.4 Å². The molecule has 1 rings (SSSR count). The Morgan fingerprint density at radius 1 is 1.47 bits per heavy atom. The Bertz CT molecular complexity index is 315. The largest absolute Gasteiger partial charge is 0.490 e. The third-order valence-corrected chi connectivity index (χ3v) is 2.17. The lowest BCUT2D eigenvalue weighted by molar-refractivity contribution is 0.0448. The van der Waals surface area contributed by atoms with Gasteiger partial charge in [0, 0.05) is 13.0 Å². The molecule has 0 aliphatic heterocycles. The molecule has 1 unspecified atom stereocenters. The Labute approximate surface area is 88.7 Å². The molecule has 1 aromatic rings. The zero-order valence-corrected chi connectivity index (χ0v) is 8.74. The molecule has 0 bridgehead atoms. The Morgan fingerprint density at radius 3 is 2.73 bits per heavy atom. The van der Waals surface area contributed by atoms with E-state index in [0.717, 1.165) is 0 Å². The number of para-hydroxylation sites is 1. The van der Waals surface area contributed by atoms with Gasteiger partial charge in [0.25, 0.3) is 0 Å². The van der Waals surface area contributed by atoms with Gasteiger partial charge in [-0.3, -0.25) is 0 Å². The maximum Gasteiger partial charge on any atom is 0.165 e. The van der Waals surface area contributed by atoms with Crippen molar-refractivity contribution >= 4 is 0 Å². The van der Waals surface area contributed by atoms with Crippen molar-refractivity contribution in [3.05, 3.63) is 30.1 Å². The van der Waals surface area contributed by atoms with Crippen LogP contribution in [0.2, 0.25) is 0 Å². The number of hydrogen-bond donors (Lipinski definition) is 2. The minimum Gasteiger partial charge on any atom is -0.490 e. The van der Waals surface area contributed by atoms with Crippen LogP contribution < -0.4 is 10.5 Å². The van der Waals surface area contributed by atoms with E-state index in [0.29, 0.717) is 6.42 Å². The first-order valence-electron chi connectivity index (χ1n) is 4.85. The highest BCUT2D eigenvalue weighted by Gasteiger charge is 2.17. The summed E-state index contributed by atoms with van der Waals surface area (Å²) in [4.78, 5) is 0. The highest BCUT2D eigenvalue weighted by atomic mass is 19.1. The highest BCUT2D eigenvalue weighted by Crippen LogP contribution is 2.16. The first-order valence-corrected chi connectivity index (χ1v) is 4.85. The molecule has 0 fully saturated rings. The Morgan fingerprint density at radius 2 is 2.13 bits per heavy atom. The number of halogens is 1. The van der Waals surface area contributed by atoms with Gasteiger partial charge in [-0.25, -0.2) is 4.39 Å². The van der Waals surface area contributed by atoms with Crippen LogP contribution in [0.4, 0.5) is 4.39 Å². The van der Waals surface area contributed by atoms with Crippen molar-refractivity contribution in [2.45, 2.75) is 18.9 Å². The lowest BCUT2D eigenvalue weighted by Gasteiger charge is -2.20. The van der Waals surface area contributed by atoms with Crippen LogP contribution in [-0.4, -0.2) is 23.9 Å². The summed E-state index contributed by atoms with van der Waals surface area (Å²) in [7, 11) is 0. The number of benzene rings is 1. The van der Waals surface area contributed by atoms with Crippen molar-refractivity contribution in [3.8, 4) is 5.75 Å². The quantitative estimate of drug-likeness (QED) is 0.775. The van der Waals surface area contributed by atoms with Gasteiger partial charge in [0.1, 0.15) is 0 Å². The summed E-state index contributed by atoms with van der Waals surface area (Å²) in [5, 5.41) is 9.57. The van der Waals surface area contributed by atoms with Gasteiger partial charge >= 0.3 is 0 Å². The summed E-state index contributed by atoms with van der Waals surface area (Å²) in [6, 6.07) is 6.17. The van der Waals surface area contributed by atoms with E-state index in [1.54, 1.807) is 25.1 Å². The topological polar surface area (TPSA) is 55.5 Å². The Balaban J connectivity index is 2.42. The molecule has 0 radical (unpaired) electrons. The monoisotopic (exact) mass is 213 g/mol. The lowest BCUT2D eigenvalue weighted by Crippen LogP contribution is -2.35. The van der Waals surface area contributed by atoms with Crippen molar-refractivity contribution in [1.29, 1.82) is 0 Å². The summed E-state index contributed by atoms with van der Waals surface area (Å²) < 4.78 is 18.3. The van der Waals surface area contributed by atoms with Gasteiger partial charge in [0.2, 0.25) is 0 Å². The van der Waals surface area contributed by atoms with Crippen molar-refractivity contribution in [2.24, 2.45) is 5.73 Å². The molecule has 4 heteroatoms. The molecular weight excluding hydrogens is 197 g/mol. The van der Waals surface area contributed by atoms with E-state index >= 15 is 0 Å². The fraction of sp³-hybridized carbons (Fsp3) is 0.455. The zero-order chi connectivity index (χ0) is 11.3. The molecule has 0 spiro atoms. The minimum absolute atomic E-state index is 0.160. The Kier molecular flexibility index (Phi) is 4.05. The minimum atomic E-state index is -0.953. The molecule has 0 aromatic heterocycles. The van der Waals surface area contributed by atoms with Crippen LogP contribution in [0.25, 0.3) is 0 Å². The van der Waals surface area contributed by atoms with Crippen molar-refractivity contribution in [1.82, 2.24) is 0 Å². The van der Waals surface area contributed by atoms with Gasteiger partial charge in [-0.05, 0) is 19.1 Å². The first-order chi connectivity index (χ1) is 7.05. The smallest absolute Gasteiger partial charge is 0.165 e. The summed E-state index contributed by atoms with van der Waals surface area (Å²) in [5.74, 6) is -0.199. The molecule has 3 nitrogen and oxygen atoms in total. The molecular formula is C11H16FNO2. The van der Waals surface area contributed by atoms with Crippen LogP contribution in [-0.2, 0) is 0 Å². The molecule has 3 N–H and O–H groups in total. The van der Waals surface area contributed by atoms with E-state index in [4.69, 9.17) is 10.5 Å². The fourth-order valence-electron chi connectivity index (χ4n) is 1.04. The molecule has 0 heterocycles. The van der Waals surface area contributed by atoms with E-state index in [1.807, 2.05) is 0 Å². The molecule has 0 amide bonds.